The van der Waals surface area contributed by atoms with E-state index in [2.05, 4.69) is 10.6 Å². The zero-order valence-corrected chi connectivity index (χ0v) is 17.5. The average molecular weight is 394 g/mol. The van der Waals surface area contributed by atoms with Gasteiger partial charge in [0.25, 0.3) is 0 Å². The molecule has 0 saturated carbocycles. The fraction of sp³-hybridized carbons (Fsp3) is 0.667. The van der Waals surface area contributed by atoms with Crippen LogP contribution in [-0.4, -0.2) is 65.3 Å². The van der Waals surface area contributed by atoms with Crippen molar-refractivity contribution in [1.82, 2.24) is 10.6 Å². The number of nitrogens with one attached hydrogen (secondary N) is 2. The average Bonchev–Trinajstić information content (AvgIpc) is 2.76. The van der Waals surface area contributed by atoms with Crippen LogP contribution in [0.3, 0.4) is 0 Å². The Labute approximate surface area is 168 Å². The Morgan fingerprint density at radius 2 is 1.89 bits per heavy atom. The molecule has 158 valence electrons. The topological polar surface area (TPSA) is 73.3 Å². The maximum absolute atomic E-state index is 5.82. The van der Waals surface area contributed by atoms with Crippen molar-refractivity contribution in [1.29, 1.82) is 0 Å². The molecule has 2 N–H and O–H groups in total. The molecule has 7 heteroatoms. The lowest BCUT2D eigenvalue weighted by molar-refractivity contribution is -0.0855. The molecule has 0 bridgehead atoms. The van der Waals surface area contributed by atoms with Crippen molar-refractivity contribution in [2.24, 2.45) is 4.99 Å². The molecular weight excluding hydrogens is 358 g/mol. The van der Waals surface area contributed by atoms with Gasteiger partial charge in [-0.1, -0.05) is 12.1 Å². The maximum Gasteiger partial charge on any atom is 0.191 e. The minimum Gasteiger partial charge on any atom is -0.497 e. The summed E-state index contributed by atoms with van der Waals surface area (Å²) in [6, 6.07) is 7.97. The Hall–Kier alpha value is -1.83. The summed E-state index contributed by atoms with van der Waals surface area (Å²) in [5.41, 5.74) is 0.926. The van der Waals surface area contributed by atoms with Crippen molar-refractivity contribution in [2.45, 2.75) is 38.3 Å². The number of hydrogen-bond acceptors (Lipinski definition) is 5. The smallest absolute Gasteiger partial charge is 0.191 e. The molecular formula is C21H35N3O4. The Bertz CT molecular complexity index is 572. The molecule has 1 saturated heterocycles. The van der Waals surface area contributed by atoms with Gasteiger partial charge in [0.1, 0.15) is 5.75 Å². The molecule has 1 aromatic carbocycles. The molecule has 0 spiro atoms. The minimum absolute atomic E-state index is 0.202. The van der Waals surface area contributed by atoms with Crippen LogP contribution in [0.25, 0.3) is 0 Å². The fourth-order valence-corrected chi connectivity index (χ4v) is 3.04. The largest absolute Gasteiger partial charge is 0.497 e. The Morgan fingerprint density at radius 1 is 1.14 bits per heavy atom. The third-order valence-corrected chi connectivity index (χ3v) is 4.96. The van der Waals surface area contributed by atoms with E-state index in [0.717, 1.165) is 69.5 Å². The Morgan fingerprint density at radius 3 is 2.54 bits per heavy atom. The Balaban J connectivity index is 1.94. The third-order valence-electron chi connectivity index (χ3n) is 4.96. The number of methoxy groups -OCH3 is 2. The SMILES string of the molecule is CCOCCCNC(=NCc1ccc(OC)cc1)NCC1(OC)CCOCC1. The van der Waals surface area contributed by atoms with Gasteiger partial charge in [-0.05, 0) is 31.0 Å². The van der Waals surface area contributed by atoms with E-state index < -0.39 is 0 Å². The number of hydrogen-bond donors (Lipinski definition) is 2. The molecule has 0 aliphatic carbocycles. The van der Waals surface area contributed by atoms with E-state index in [1.54, 1.807) is 14.2 Å². The zero-order chi connectivity index (χ0) is 20.1. The van der Waals surface area contributed by atoms with Crippen molar-refractivity contribution < 1.29 is 18.9 Å². The number of guanidine groups is 1. The number of benzene rings is 1. The normalized spacial score (nSPS) is 16.6. The van der Waals surface area contributed by atoms with Gasteiger partial charge < -0.3 is 29.6 Å². The highest BCUT2D eigenvalue weighted by atomic mass is 16.5. The summed E-state index contributed by atoms with van der Waals surface area (Å²) < 4.78 is 21.9. The summed E-state index contributed by atoms with van der Waals surface area (Å²) in [6.45, 7) is 7.06. The fourth-order valence-electron chi connectivity index (χ4n) is 3.04. The summed E-state index contributed by atoms with van der Waals surface area (Å²) >= 11 is 0. The lowest BCUT2D eigenvalue weighted by atomic mass is 9.94. The summed E-state index contributed by atoms with van der Waals surface area (Å²) in [4.78, 5) is 4.74. The summed E-state index contributed by atoms with van der Waals surface area (Å²) in [5.74, 6) is 1.64. The summed E-state index contributed by atoms with van der Waals surface area (Å²) in [6.07, 6.45) is 2.69. The van der Waals surface area contributed by atoms with Crippen LogP contribution in [0.1, 0.15) is 31.7 Å². The lowest BCUT2D eigenvalue weighted by Crippen LogP contribution is -2.51. The van der Waals surface area contributed by atoms with E-state index >= 15 is 0 Å². The molecule has 1 fully saturated rings. The van der Waals surface area contributed by atoms with Gasteiger partial charge in [-0.25, -0.2) is 4.99 Å². The van der Waals surface area contributed by atoms with Crippen LogP contribution in [0.15, 0.2) is 29.3 Å². The van der Waals surface area contributed by atoms with Crippen LogP contribution in [0.2, 0.25) is 0 Å². The molecule has 1 aliphatic rings. The first-order valence-corrected chi connectivity index (χ1v) is 10.1. The van der Waals surface area contributed by atoms with Gasteiger partial charge in [0.2, 0.25) is 0 Å². The standard InChI is InChI=1S/C21H35N3O4/c1-4-27-13-5-12-22-20(23-16-18-6-8-19(25-2)9-7-18)24-17-21(26-3)10-14-28-15-11-21/h6-9H,4-5,10-17H2,1-3H3,(H2,22,23,24). The highest BCUT2D eigenvalue weighted by Crippen LogP contribution is 2.23. The first-order chi connectivity index (χ1) is 13.7. The summed E-state index contributed by atoms with van der Waals surface area (Å²) in [7, 11) is 3.44. The maximum atomic E-state index is 5.82. The Kier molecular flexibility index (Phi) is 10.1. The predicted molar refractivity (Wildman–Crippen MR) is 111 cm³/mol. The first kappa shape index (κ1) is 22.5. The molecule has 1 aromatic rings. The second-order valence-electron chi connectivity index (χ2n) is 6.84. The highest BCUT2D eigenvalue weighted by molar-refractivity contribution is 5.79. The van der Waals surface area contributed by atoms with E-state index in [9.17, 15) is 0 Å². The molecule has 0 unspecified atom stereocenters. The van der Waals surface area contributed by atoms with Crippen LogP contribution < -0.4 is 15.4 Å². The van der Waals surface area contributed by atoms with E-state index in [0.29, 0.717) is 13.1 Å². The van der Waals surface area contributed by atoms with Gasteiger partial charge in [-0.15, -0.1) is 0 Å². The monoisotopic (exact) mass is 393 g/mol. The van der Waals surface area contributed by atoms with Crippen LogP contribution in [0.5, 0.6) is 5.75 Å². The van der Waals surface area contributed by atoms with Crippen molar-refractivity contribution in [3.63, 3.8) is 0 Å². The van der Waals surface area contributed by atoms with E-state index in [1.807, 2.05) is 31.2 Å². The van der Waals surface area contributed by atoms with Crippen LogP contribution in [0.4, 0.5) is 0 Å². The van der Waals surface area contributed by atoms with Gasteiger partial charge in [0.05, 0.1) is 19.3 Å². The van der Waals surface area contributed by atoms with E-state index in [-0.39, 0.29) is 5.60 Å². The number of rotatable bonds is 11. The molecule has 1 heterocycles. The molecule has 0 radical (unpaired) electrons. The first-order valence-electron chi connectivity index (χ1n) is 10.1. The number of ether oxygens (including phenoxy) is 4. The molecule has 7 nitrogen and oxygen atoms in total. The van der Waals surface area contributed by atoms with Crippen molar-refractivity contribution >= 4 is 5.96 Å². The van der Waals surface area contributed by atoms with Gasteiger partial charge in [0.15, 0.2) is 5.96 Å². The molecule has 0 atom stereocenters. The number of nitrogens with zero attached hydrogens (tertiary/aromatic N) is 1. The van der Waals surface area contributed by atoms with Gasteiger partial charge in [-0.3, -0.25) is 0 Å². The van der Waals surface area contributed by atoms with Crippen LogP contribution >= 0.6 is 0 Å². The molecule has 28 heavy (non-hydrogen) atoms. The van der Waals surface area contributed by atoms with Gasteiger partial charge in [0, 0.05) is 59.5 Å². The second-order valence-corrected chi connectivity index (χ2v) is 6.84. The highest BCUT2D eigenvalue weighted by Gasteiger charge is 2.32. The van der Waals surface area contributed by atoms with Crippen LogP contribution in [0, 0.1) is 0 Å². The molecule has 1 aliphatic heterocycles. The quantitative estimate of drug-likeness (QED) is 0.342. The summed E-state index contributed by atoms with van der Waals surface area (Å²) in [5, 5.41) is 6.86. The third kappa shape index (κ3) is 7.66. The van der Waals surface area contributed by atoms with E-state index in [1.165, 1.54) is 0 Å². The molecule has 2 rings (SSSR count). The number of aliphatic imine (C=N–C) groups is 1. The molecule has 0 amide bonds. The van der Waals surface area contributed by atoms with Crippen LogP contribution in [-0.2, 0) is 20.8 Å². The van der Waals surface area contributed by atoms with Crippen molar-refractivity contribution in [3.05, 3.63) is 29.8 Å². The van der Waals surface area contributed by atoms with Gasteiger partial charge in [-0.2, -0.15) is 0 Å². The minimum atomic E-state index is -0.202. The second kappa shape index (κ2) is 12.6. The van der Waals surface area contributed by atoms with E-state index in [4.69, 9.17) is 23.9 Å². The lowest BCUT2D eigenvalue weighted by Gasteiger charge is -2.36. The predicted octanol–water partition coefficient (Wildman–Crippen LogP) is 2.35. The molecule has 0 aromatic heterocycles. The van der Waals surface area contributed by atoms with Gasteiger partial charge >= 0.3 is 0 Å². The zero-order valence-electron chi connectivity index (χ0n) is 17.5. The van der Waals surface area contributed by atoms with Crippen molar-refractivity contribution in [3.8, 4) is 5.75 Å². The van der Waals surface area contributed by atoms with Crippen molar-refractivity contribution in [2.75, 3.05) is 53.7 Å².